The summed E-state index contributed by atoms with van der Waals surface area (Å²) in [6.45, 7) is 1.97. The number of aromatic nitrogens is 6. The molecule has 0 amide bonds. The molecule has 0 atom stereocenters. The van der Waals surface area contributed by atoms with Crippen molar-refractivity contribution >= 4 is 5.95 Å². The van der Waals surface area contributed by atoms with Crippen LogP contribution in [-0.4, -0.2) is 29.5 Å². The predicted octanol–water partition coefficient (Wildman–Crippen LogP) is 1.01. The number of nitrogens with zero attached hydrogens (tertiary/aromatic N) is 6. The van der Waals surface area contributed by atoms with Gasteiger partial charge in [0.2, 0.25) is 11.9 Å². The largest absolute Gasteiger partial charge is 0.368 e. The highest BCUT2D eigenvalue weighted by Gasteiger charge is 2.10. The van der Waals surface area contributed by atoms with Crippen molar-refractivity contribution in [1.82, 2.24) is 29.5 Å². The zero-order chi connectivity index (χ0) is 13.2. The SMILES string of the molecule is Cc1ccncc1-c1nc(N)nc(-n2ccnc2)n1. The Morgan fingerprint density at radius 3 is 2.74 bits per heavy atom. The number of imidazole rings is 1. The van der Waals surface area contributed by atoms with E-state index in [4.69, 9.17) is 5.73 Å². The molecule has 7 heteroatoms. The molecular formula is C12H11N7. The van der Waals surface area contributed by atoms with E-state index in [1.165, 1.54) is 0 Å². The van der Waals surface area contributed by atoms with Crippen LogP contribution in [0.4, 0.5) is 5.95 Å². The van der Waals surface area contributed by atoms with E-state index in [0.29, 0.717) is 11.8 Å². The van der Waals surface area contributed by atoms with E-state index in [9.17, 15) is 0 Å². The van der Waals surface area contributed by atoms with Crippen LogP contribution in [0.3, 0.4) is 0 Å². The third-order valence-electron chi connectivity index (χ3n) is 2.66. The molecule has 0 aliphatic heterocycles. The molecule has 0 unspecified atom stereocenters. The minimum atomic E-state index is 0.164. The average molecular weight is 253 g/mol. The van der Waals surface area contributed by atoms with Crippen molar-refractivity contribution in [2.75, 3.05) is 5.73 Å². The highest BCUT2D eigenvalue weighted by atomic mass is 15.2. The monoisotopic (exact) mass is 253 g/mol. The van der Waals surface area contributed by atoms with E-state index in [-0.39, 0.29) is 5.95 Å². The Labute approximate surface area is 109 Å². The van der Waals surface area contributed by atoms with E-state index in [0.717, 1.165) is 11.1 Å². The molecule has 94 valence electrons. The predicted molar refractivity (Wildman–Crippen MR) is 69.3 cm³/mol. The Hall–Kier alpha value is -2.83. The normalized spacial score (nSPS) is 10.6. The first-order chi connectivity index (χ1) is 9.24. The second kappa shape index (κ2) is 4.45. The van der Waals surface area contributed by atoms with Crippen molar-refractivity contribution in [3.05, 3.63) is 42.7 Å². The summed E-state index contributed by atoms with van der Waals surface area (Å²) in [4.78, 5) is 20.7. The van der Waals surface area contributed by atoms with Crippen LogP contribution in [0, 0.1) is 6.92 Å². The number of nitrogens with two attached hydrogens (primary N) is 1. The lowest BCUT2D eigenvalue weighted by atomic mass is 10.1. The van der Waals surface area contributed by atoms with Crippen molar-refractivity contribution < 1.29 is 0 Å². The van der Waals surface area contributed by atoms with Crippen molar-refractivity contribution in [2.24, 2.45) is 0 Å². The highest BCUT2D eigenvalue weighted by Crippen LogP contribution is 2.19. The molecule has 0 spiro atoms. The van der Waals surface area contributed by atoms with Gasteiger partial charge in [0.15, 0.2) is 5.82 Å². The Bertz CT molecular complexity index is 706. The van der Waals surface area contributed by atoms with Crippen LogP contribution in [0.15, 0.2) is 37.2 Å². The molecule has 3 aromatic heterocycles. The Kier molecular flexibility index (Phi) is 2.64. The lowest BCUT2D eigenvalue weighted by Crippen LogP contribution is -2.07. The zero-order valence-corrected chi connectivity index (χ0v) is 10.2. The number of anilines is 1. The molecule has 3 rings (SSSR count). The number of pyridine rings is 1. The molecule has 0 bridgehead atoms. The quantitative estimate of drug-likeness (QED) is 0.732. The van der Waals surface area contributed by atoms with Gasteiger partial charge in [-0.05, 0) is 18.6 Å². The summed E-state index contributed by atoms with van der Waals surface area (Å²) in [7, 11) is 0. The Morgan fingerprint density at radius 2 is 2.00 bits per heavy atom. The summed E-state index contributed by atoms with van der Waals surface area (Å²) < 4.78 is 1.67. The van der Waals surface area contributed by atoms with Crippen LogP contribution in [0.5, 0.6) is 0 Å². The van der Waals surface area contributed by atoms with Gasteiger partial charge in [0.05, 0.1) is 0 Å². The second-order valence-electron chi connectivity index (χ2n) is 3.98. The minimum Gasteiger partial charge on any atom is -0.368 e. The molecule has 0 saturated heterocycles. The van der Waals surface area contributed by atoms with Crippen molar-refractivity contribution in [1.29, 1.82) is 0 Å². The second-order valence-corrected chi connectivity index (χ2v) is 3.98. The maximum atomic E-state index is 5.74. The summed E-state index contributed by atoms with van der Waals surface area (Å²) in [6, 6.07) is 1.90. The topological polar surface area (TPSA) is 95.4 Å². The van der Waals surface area contributed by atoms with Gasteiger partial charge in [0.25, 0.3) is 0 Å². The van der Waals surface area contributed by atoms with Crippen LogP contribution in [0.1, 0.15) is 5.56 Å². The molecule has 0 fully saturated rings. The number of hydrogen-bond acceptors (Lipinski definition) is 6. The van der Waals surface area contributed by atoms with Crippen LogP contribution in [0.2, 0.25) is 0 Å². The molecular weight excluding hydrogens is 242 g/mol. The summed E-state index contributed by atoms with van der Waals surface area (Å²) in [6.07, 6.45) is 8.43. The van der Waals surface area contributed by atoms with Crippen LogP contribution >= 0.6 is 0 Å². The molecule has 19 heavy (non-hydrogen) atoms. The minimum absolute atomic E-state index is 0.164. The molecule has 2 N–H and O–H groups in total. The molecule has 3 heterocycles. The molecule has 0 radical (unpaired) electrons. The summed E-state index contributed by atoms with van der Waals surface area (Å²) in [5.41, 5.74) is 7.59. The maximum Gasteiger partial charge on any atom is 0.240 e. The van der Waals surface area contributed by atoms with Gasteiger partial charge >= 0.3 is 0 Å². The number of aryl methyl sites for hydroxylation is 1. The lowest BCUT2D eigenvalue weighted by molar-refractivity contribution is 0.905. The number of rotatable bonds is 2. The van der Waals surface area contributed by atoms with Crippen LogP contribution in [-0.2, 0) is 0 Å². The third kappa shape index (κ3) is 2.13. The van der Waals surface area contributed by atoms with Gasteiger partial charge in [-0.3, -0.25) is 9.55 Å². The average Bonchev–Trinajstić information content (AvgIpc) is 2.92. The fourth-order valence-electron chi connectivity index (χ4n) is 1.69. The molecule has 0 aromatic carbocycles. The first-order valence-electron chi connectivity index (χ1n) is 5.65. The lowest BCUT2D eigenvalue weighted by Gasteiger charge is -2.06. The standard InChI is InChI=1S/C12H11N7/c1-8-2-3-14-6-9(8)10-16-11(13)18-12(17-10)19-5-4-15-7-19/h2-7H,1H3,(H2,13,16,17,18). The molecule has 3 aromatic rings. The van der Waals surface area contributed by atoms with Gasteiger partial charge in [-0.15, -0.1) is 0 Å². The van der Waals surface area contributed by atoms with Gasteiger partial charge in [0, 0.05) is 30.4 Å². The van der Waals surface area contributed by atoms with Crippen molar-refractivity contribution in [2.45, 2.75) is 6.92 Å². The molecule has 7 nitrogen and oxygen atoms in total. The van der Waals surface area contributed by atoms with E-state index in [1.807, 2.05) is 13.0 Å². The van der Waals surface area contributed by atoms with Crippen LogP contribution in [0.25, 0.3) is 17.3 Å². The fourth-order valence-corrected chi connectivity index (χ4v) is 1.69. The van der Waals surface area contributed by atoms with Gasteiger partial charge in [-0.2, -0.15) is 15.0 Å². The van der Waals surface area contributed by atoms with Crippen molar-refractivity contribution in [3.8, 4) is 17.3 Å². The highest BCUT2D eigenvalue weighted by molar-refractivity contribution is 5.59. The van der Waals surface area contributed by atoms with Gasteiger partial charge in [-0.1, -0.05) is 0 Å². The van der Waals surface area contributed by atoms with Gasteiger partial charge in [0.1, 0.15) is 6.33 Å². The van der Waals surface area contributed by atoms with Crippen LogP contribution < -0.4 is 5.73 Å². The molecule has 0 aliphatic carbocycles. The van der Waals surface area contributed by atoms with E-state index < -0.39 is 0 Å². The molecule has 0 aliphatic rings. The number of hydrogen-bond donors (Lipinski definition) is 1. The summed E-state index contributed by atoms with van der Waals surface area (Å²) >= 11 is 0. The summed E-state index contributed by atoms with van der Waals surface area (Å²) in [5, 5.41) is 0. The van der Waals surface area contributed by atoms with Gasteiger partial charge in [-0.25, -0.2) is 4.98 Å². The van der Waals surface area contributed by atoms with E-state index >= 15 is 0 Å². The first-order valence-corrected chi connectivity index (χ1v) is 5.65. The third-order valence-corrected chi connectivity index (χ3v) is 2.66. The Balaban J connectivity index is 2.16. The zero-order valence-electron chi connectivity index (χ0n) is 10.2. The summed E-state index contributed by atoms with van der Waals surface area (Å²) in [5.74, 6) is 1.10. The van der Waals surface area contributed by atoms with E-state index in [2.05, 4.69) is 24.9 Å². The molecule has 0 saturated carbocycles. The van der Waals surface area contributed by atoms with Crippen molar-refractivity contribution in [3.63, 3.8) is 0 Å². The fraction of sp³-hybridized carbons (Fsp3) is 0.0833. The van der Waals surface area contributed by atoms with E-state index in [1.54, 1.807) is 35.7 Å². The first kappa shape index (κ1) is 11.3. The number of nitrogen functional groups attached to an aromatic ring is 1. The van der Waals surface area contributed by atoms with Gasteiger partial charge < -0.3 is 5.73 Å². The Morgan fingerprint density at radius 1 is 1.11 bits per heavy atom. The maximum absolute atomic E-state index is 5.74. The smallest absolute Gasteiger partial charge is 0.240 e.